The molecule has 0 unspecified atom stereocenters. The number of anilines is 2. The highest BCUT2D eigenvalue weighted by Gasteiger charge is 2.27. The number of carbonyl (C=O) groups is 2. The van der Waals surface area contributed by atoms with E-state index in [0.29, 0.717) is 37.6 Å². The van der Waals surface area contributed by atoms with Gasteiger partial charge in [-0.05, 0) is 30.3 Å². The summed E-state index contributed by atoms with van der Waals surface area (Å²) in [5.74, 6) is -1.56. The largest absolute Gasteiger partial charge is 0.366 e. The summed E-state index contributed by atoms with van der Waals surface area (Å²) in [6, 6.07) is 11.7. The SMILES string of the molecule is O=C(Nc1ccc2nc[nH]c2c1)C(=O)N1CCN(c2ccccc2F)CC1. The quantitative estimate of drug-likeness (QED) is 0.679. The van der Waals surface area contributed by atoms with E-state index in [2.05, 4.69) is 15.3 Å². The van der Waals surface area contributed by atoms with Crippen molar-refractivity contribution in [2.75, 3.05) is 36.4 Å². The highest BCUT2D eigenvalue weighted by molar-refractivity contribution is 6.39. The first-order chi connectivity index (χ1) is 13.1. The van der Waals surface area contributed by atoms with Gasteiger partial charge in [0.25, 0.3) is 0 Å². The lowest BCUT2D eigenvalue weighted by Gasteiger charge is -2.35. The number of para-hydroxylation sites is 1. The lowest BCUT2D eigenvalue weighted by molar-refractivity contribution is -0.143. The number of hydrogen-bond acceptors (Lipinski definition) is 4. The Labute approximate surface area is 154 Å². The second-order valence-corrected chi connectivity index (χ2v) is 6.32. The summed E-state index contributed by atoms with van der Waals surface area (Å²) in [5, 5.41) is 2.62. The van der Waals surface area contributed by atoms with E-state index in [1.807, 2.05) is 4.90 Å². The molecule has 0 saturated carbocycles. The van der Waals surface area contributed by atoms with Crippen molar-refractivity contribution in [1.29, 1.82) is 0 Å². The molecular weight excluding hydrogens is 349 g/mol. The van der Waals surface area contributed by atoms with Crippen LogP contribution in [0.1, 0.15) is 0 Å². The van der Waals surface area contributed by atoms with Gasteiger partial charge in [-0.25, -0.2) is 9.37 Å². The molecule has 0 atom stereocenters. The first kappa shape index (κ1) is 17.0. The second kappa shape index (κ2) is 7.06. The van der Waals surface area contributed by atoms with Crippen LogP contribution in [0, 0.1) is 5.82 Å². The van der Waals surface area contributed by atoms with Crippen LogP contribution < -0.4 is 10.2 Å². The van der Waals surface area contributed by atoms with Crippen molar-refractivity contribution in [1.82, 2.24) is 14.9 Å². The Hall–Kier alpha value is -3.42. The van der Waals surface area contributed by atoms with Gasteiger partial charge >= 0.3 is 11.8 Å². The molecule has 0 aliphatic carbocycles. The Morgan fingerprint density at radius 2 is 1.85 bits per heavy atom. The lowest BCUT2D eigenvalue weighted by Crippen LogP contribution is -2.51. The number of aromatic nitrogens is 2. The van der Waals surface area contributed by atoms with Crippen LogP contribution in [0.5, 0.6) is 0 Å². The molecule has 0 radical (unpaired) electrons. The van der Waals surface area contributed by atoms with E-state index < -0.39 is 11.8 Å². The maximum Gasteiger partial charge on any atom is 0.313 e. The number of H-pyrrole nitrogens is 1. The Kier molecular flexibility index (Phi) is 4.45. The van der Waals surface area contributed by atoms with Crippen LogP contribution in [0.25, 0.3) is 11.0 Å². The van der Waals surface area contributed by atoms with Crippen molar-refractivity contribution >= 4 is 34.2 Å². The fraction of sp³-hybridized carbons (Fsp3) is 0.211. The normalized spacial score (nSPS) is 14.4. The molecule has 2 heterocycles. The molecule has 138 valence electrons. The Balaban J connectivity index is 1.37. The molecule has 4 rings (SSSR count). The first-order valence-corrected chi connectivity index (χ1v) is 8.65. The third-order valence-corrected chi connectivity index (χ3v) is 4.63. The zero-order chi connectivity index (χ0) is 18.8. The van der Waals surface area contributed by atoms with Crippen LogP contribution in [0.2, 0.25) is 0 Å². The molecule has 2 amide bonds. The second-order valence-electron chi connectivity index (χ2n) is 6.32. The fourth-order valence-corrected chi connectivity index (χ4v) is 3.20. The summed E-state index contributed by atoms with van der Waals surface area (Å²) >= 11 is 0. The van der Waals surface area contributed by atoms with E-state index >= 15 is 0 Å². The van der Waals surface area contributed by atoms with Crippen molar-refractivity contribution in [2.45, 2.75) is 0 Å². The van der Waals surface area contributed by atoms with Gasteiger partial charge in [-0.15, -0.1) is 0 Å². The van der Waals surface area contributed by atoms with Gasteiger partial charge in [-0.1, -0.05) is 12.1 Å². The fourth-order valence-electron chi connectivity index (χ4n) is 3.20. The molecule has 2 aromatic carbocycles. The maximum atomic E-state index is 13.9. The Morgan fingerprint density at radius 1 is 1.07 bits per heavy atom. The topological polar surface area (TPSA) is 81.3 Å². The number of imidazole rings is 1. The minimum Gasteiger partial charge on any atom is -0.366 e. The van der Waals surface area contributed by atoms with E-state index in [1.165, 1.54) is 11.0 Å². The van der Waals surface area contributed by atoms with Gasteiger partial charge in [-0.2, -0.15) is 0 Å². The van der Waals surface area contributed by atoms with Crippen molar-refractivity contribution in [3.63, 3.8) is 0 Å². The number of hydrogen-bond donors (Lipinski definition) is 2. The molecule has 27 heavy (non-hydrogen) atoms. The van der Waals surface area contributed by atoms with E-state index in [4.69, 9.17) is 0 Å². The third-order valence-electron chi connectivity index (χ3n) is 4.63. The smallest absolute Gasteiger partial charge is 0.313 e. The van der Waals surface area contributed by atoms with E-state index in [-0.39, 0.29) is 5.82 Å². The number of carbonyl (C=O) groups excluding carboxylic acids is 2. The van der Waals surface area contributed by atoms with Gasteiger partial charge in [0.1, 0.15) is 5.82 Å². The van der Waals surface area contributed by atoms with Crippen LogP contribution in [-0.2, 0) is 9.59 Å². The maximum absolute atomic E-state index is 13.9. The van der Waals surface area contributed by atoms with Gasteiger partial charge in [-0.3, -0.25) is 9.59 Å². The highest BCUT2D eigenvalue weighted by atomic mass is 19.1. The number of aromatic amines is 1. The van der Waals surface area contributed by atoms with Gasteiger partial charge in [0.15, 0.2) is 0 Å². The molecule has 1 aromatic heterocycles. The zero-order valence-corrected chi connectivity index (χ0v) is 14.5. The van der Waals surface area contributed by atoms with Crippen molar-refractivity contribution in [3.8, 4) is 0 Å². The van der Waals surface area contributed by atoms with Crippen LogP contribution in [0.3, 0.4) is 0 Å². The number of nitrogens with zero attached hydrogens (tertiary/aromatic N) is 3. The van der Waals surface area contributed by atoms with E-state index in [0.717, 1.165) is 11.0 Å². The predicted octanol–water partition coefficient (Wildman–Crippen LogP) is 1.99. The summed E-state index contributed by atoms with van der Waals surface area (Å²) in [5.41, 5.74) is 2.60. The standard InChI is InChI=1S/C19H18FN5O2/c20-14-3-1-2-4-17(14)24-7-9-25(10-8-24)19(27)18(26)23-13-5-6-15-16(11-13)22-12-21-15/h1-6,11-12H,7-10H2,(H,21,22)(H,23,26). The summed E-state index contributed by atoms with van der Waals surface area (Å²) in [6.45, 7) is 1.67. The summed E-state index contributed by atoms with van der Waals surface area (Å²) in [4.78, 5) is 35.2. The zero-order valence-electron chi connectivity index (χ0n) is 14.5. The number of fused-ring (bicyclic) bond motifs is 1. The molecule has 1 aliphatic heterocycles. The minimum absolute atomic E-state index is 0.288. The molecule has 0 spiro atoms. The molecule has 1 fully saturated rings. The van der Waals surface area contributed by atoms with E-state index in [9.17, 15) is 14.0 Å². The minimum atomic E-state index is -0.687. The molecule has 3 aromatic rings. The van der Waals surface area contributed by atoms with Crippen LogP contribution in [0.15, 0.2) is 48.8 Å². The molecule has 8 heteroatoms. The van der Waals surface area contributed by atoms with Crippen molar-refractivity contribution in [3.05, 3.63) is 54.6 Å². The van der Waals surface area contributed by atoms with Crippen molar-refractivity contribution < 1.29 is 14.0 Å². The van der Waals surface area contributed by atoms with Gasteiger partial charge in [0, 0.05) is 31.9 Å². The molecule has 2 N–H and O–H groups in total. The average Bonchev–Trinajstić information content (AvgIpc) is 3.16. The molecule has 0 bridgehead atoms. The molecule has 1 saturated heterocycles. The van der Waals surface area contributed by atoms with Crippen molar-refractivity contribution in [2.24, 2.45) is 0 Å². The molecule has 7 nitrogen and oxygen atoms in total. The lowest BCUT2D eigenvalue weighted by atomic mass is 10.2. The number of nitrogens with one attached hydrogen (secondary N) is 2. The summed E-state index contributed by atoms with van der Waals surface area (Å²) in [7, 11) is 0. The van der Waals surface area contributed by atoms with Gasteiger partial charge in [0.05, 0.1) is 23.0 Å². The van der Waals surface area contributed by atoms with E-state index in [1.54, 1.807) is 42.7 Å². The molecular formula is C19H18FN5O2. The average molecular weight is 367 g/mol. The highest BCUT2D eigenvalue weighted by Crippen LogP contribution is 2.20. The number of piperazine rings is 1. The monoisotopic (exact) mass is 367 g/mol. The number of halogens is 1. The molecule has 1 aliphatic rings. The van der Waals surface area contributed by atoms with Gasteiger partial charge < -0.3 is 20.1 Å². The van der Waals surface area contributed by atoms with Gasteiger partial charge in [0.2, 0.25) is 0 Å². The third kappa shape index (κ3) is 3.46. The predicted molar refractivity (Wildman–Crippen MR) is 99.9 cm³/mol. The number of rotatable bonds is 2. The summed E-state index contributed by atoms with van der Waals surface area (Å²) < 4.78 is 13.9. The van der Waals surface area contributed by atoms with Crippen LogP contribution >= 0.6 is 0 Å². The first-order valence-electron chi connectivity index (χ1n) is 8.65. The van der Waals surface area contributed by atoms with Crippen LogP contribution in [-0.4, -0.2) is 52.9 Å². The number of amides is 2. The Bertz CT molecular complexity index is 994. The summed E-state index contributed by atoms with van der Waals surface area (Å²) in [6.07, 6.45) is 1.57. The number of benzene rings is 2. The van der Waals surface area contributed by atoms with Crippen LogP contribution in [0.4, 0.5) is 15.8 Å². The Morgan fingerprint density at radius 3 is 2.63 bits per heavy atom.